The zero-order chi connectivity index (χ0) is 5.11. The van der Waals surface area contributed by atoms with Gasteiger partial charge in [0.25, 0.3) is 0 Å². The molecule has 0 aromatic carbocycles. The van der Waals surface area contributed by atoms with E-state index in [2.05, 4.69) is 10.2 Å². The van der Waals surface area contributed by atoms with Gasteiger partial charge in [0.15, 0.2) is 0 Å². The summed E-state index contributed by atoms with van der Waals surface area (Å²) in [4.78, 5) is 0. The third kappa shape index (κ3) is 1.67. The number of nitrogens with zero attached hydrogens (tertiary/aromatic N) is 2. The van der Waals surface area contributed by atoms with Crippen LogP contribution in [0.5, 0.6) is 0 Å². The van der Waals surface area contributed by atoms with Crippen LogP contribution in [0.4, 0.5) is 0 Å². The van der Waals surface area contributed by atoms with E-state index in [1.54, 1.807) is 7.05 Å². The van der Waals surface area contributed by atoms with E-state index < -0.39 is 0 Å². The first kappa shape index (κ1) is 4.75. The Bertz CT molecular complexity index is 74.1. The molecular formula is C5H10N2. The lowest BCUT2D eigenvalue weighted by molar-refractivity contribution is 0.797. The molecule has 0 N–H and O–H groups in total. The Morgan fingerprint density at radius 1 is 1.57 bits per heavy atom. The molecule has 0 radical (unpaired) electrons. The molecule has 0 saturated heterocycles. The largest absolute Gasteiger partial charge is 0.198 e. The van der Waals surface area contributed by atoms with Gasteiger partial charge in [-0.05, 0) is 18.8 Å². The van der Waals surface area contributed by atoms with Gasteiger partial charge in [-0.1, -0.05) is 0 Å². The molecule has 0 aliphatic heterocycles. The van der Waals surface area contributed by atoms with Crippen molar-refractivity contribution in [1.29, 1.82) is 0 Å². The van der Waals surface area contributed by atoms with Crippen LogP contribution in [0.3, 0.4) is 0 Å². The summed E-state index contributed by atoms with van der Waals surface area (Å²) in [7, 11) is 1.72. The first-order valence-electron chi connectivity index (χ1n) is 2.69. The molecule has 1 rings (SSSR count). The summed E-state index contributed by atoms with van der Waals surface area (Å²) < 4.78 is 0. The summed E-state index contributed by atoms with van der Waals surface area (Å²) in [5.41, 5.74) is 0. The lowest BCUT2D eigenvalue weighted by atomic mass is 10.4. The molecule has 1 aliphatic carbocycles. The van der Waals surface area contributed by atoms with Crippen molar-refractivity contribution in [1.82, 2.24) is 0 Å². The molecule has 0 amide bonds. The Kier molecular flexibility index (Phi) is 1.39. The molecule has 0 atom stereocenters. The number of hydrogen-bond acceptors (Lipinski definition) is 2. The van der Waals surface area contributed by atoms with Crippen molar-refractivity contribution in [3.05, 3.63) is 0 Å². The summed E-state index contributed by atoms with van der Waals surface area (Å²) in [6.45, 7) is 0.969. The molecule has 0 unspecified atom stereocenters. The van der Waals surface area contributed by atoms with Crippen LogP contribution in [0, 0.1) is 5.92 Å². The maximum Gasteiger partial charge on any atom is 0.0626 e. The molecule has 0 aromatic heterocycles. The predicted molar refractivity (Wildman–Crippen MR) is 28.4 cm³/mol. The topological polar surface area (TPSA) is 24.7 Å². The minimum Gasteiger partial charge on any atom is -0.198 e. The van der Waals surface area contributed by atoms with Crippen molar-refractivity contribution in [3.63, 3.8) is 0 Å². The summed E-state index contributed by atoms with van der Waals surface area (Å²) in [5.74, 6) is 0.892. The Morgan fingerprint density at radius 2 is 2.29 bits per heavy atom. The molecular weight excluding hydrogens is 88.1 g/mol. The summed E-state index contributed by atoms with van der Waals surface area (Å²) in [6, 6.07) is 0. The second-order valence-corrected chi connectivity index (χ2v) is 1.97. The molecule has 0 spiro atoms. The third-order valence-electron chi connectivity index (χ3n) is 1.18. The Morgan fingerprint density at radius 3 is 2.71 bits per heavy atom. The monoisotopic (exact) mass is 98.1 g/mol. The smallest absolute Gasteiger partial charge is 0.0626 e. The van der Waals surface area contributed by atoms with Gasteiger partial charge in [0, 0.05) is 7.05 Å². The highest BCUT2D eigenvalue weighted by atomic mass is 15.1. The Labute approximate surface area is 43.6 Å². The van der Waals surface area contributed by atoms with Crippen LogP contribution in [0.25, 0.3) is 0 Å². The van der Waals surface area contributed by atoms with E-state index >= 15 is 0 Å². The van der Waals surface area contributed by atoms with Gasteiger partial charge in [0.05, 0.1) is 6.54 Å². The molecule has 7 heavy (non-hydrogen) atoms. The molecule has 0 heterocycles. The van der Waals surface area contributed by atoms with E-state index in [-0.39, 0.29) is 0 Å². The molecule has 1 fully saturated rings. The molecule has 1 saturated carbocycles. The molecule has 2 nitrogen and oxygen atoms in total. The summed E-state index contributed by atoms with van der Waals surface area (Å²) in [6.07, 6.45) is 2.75. The standard InChI is InChI=1S/C5H10N2/c1-6-7-4-5-2-3-5/h5H,2-4H2,1H3. The van der Waals surface area contributed by atoms with Crippen LogP contribution in [-0.2, 0) is 0 Å². The third-order valence-corrected chi connectivity index (χ3v) is 1.18. The van der Waals surface area contributed by atoms with E-state index in [9.17, 15) is 0 Å². The van der Waals surface area contributed by atoms with Crippen molar-refractivity contribution in [2.75, 3.05) is 13.6 Å². The highest BCUT2D eigenvalue weighted by Crippen LogP contribution is 2.28. The van der Waals surface area contributed by atoms with Crippen molar-refractivity contribution in [3.8, 4) is 0 Å². The molecule has 1 aliphatic rings. The fourth-order valence-corrected chi connectivity index (χ4v) is 0.498. The van der Waals surface area contributed by atoms with E-state index in [0.717, 1.165) is 12.5 Å². The van der Waals surface area contributed by atoms with Crippen LogP contribution in [0.15, 0.2) is 10.2 Å². The lowest BCUT2D eigenvalue weighted by Crippen LogP contribution is -1.77. The van der Waals surface area contributed by atoms with Crippen molar-refractivity contribution < 1.29 is 0 Å². The first-order chi connectivity index (χ1) is 3.43. The zero-order valence-corrected chi connectivity index (χ0v) is 4.59. The van der Waals surface area contributed by atoms with E-state index in [4.69, 9.17) is 0 Å². The maximum atomic E-state index is 3.86. The predicted octanol–water partition coefficient (Wildman–Crippen LogP) is 1.48. The number of rotatable bonds is 2. The van der Waals surface area contributed by atoms with Crippen LogP contribution >= 0.6 is 0 Å². The SMILES string of the molecule is CN=NCC1CC1. The first-order valence-corrected chi connectivity index (χ1v) is 2.69. The second kappa shape index (κ2) is 2.05. The molecule has 2 heteroatoms. The van der Waals surface area contributed by atoms with Crippen LogP contribution in [0.1, 0.15) is 12.8 Å². The normalized spacial score (nSPS) is 21.3. The Hall–Kier alpha value is -0.400. The summed E-state index contributed by atoms with van der Waals surface area (Å²) >= 11 is 0. The van der Waals surface area contributed by atoms with E-state index in [0.29, 0.717) is 0 Å². The average molecular weight is 98.1 g/mol. The van der Waals surface area contributed by atoms with Gasteiger partial charge in [0.2, 0.25) is 0 Å². The molecule has 40 valence electrons. The maximum absolute atomic E-state index is 3.86. The zero-order valence-electron chi connectivity index (χ0n) is 4.59. The van der Waals surface area contributed by atoms with Gasteiger partial charge in [-0.25, -0.2) is 0 Å². The summed E-state index contributed by atoms with van der Waals surface area (Å²) in [5, 5.41) is 7.50. The second-order valence-electron chi connectivity index (χ2n) is 1.97. The molecule has 0 bridgehead atoms. The quantitative estimate of drug-likeness (QED) is 0.467. The number of azo groups is 1. The van der Waals surface area contributed by atoms with Gasteiger partial charge < -0.3 is 0 Å². The Balaban J connectivity index is 1.98. The van der Waals surface area contributed by atoms with E-state index in [1.807, 2.05) is 0 Å². The number of hydrogen-bond donors (Lipinski definition) is 0. The van der Waals surface area contributed by atoms with Crippen LogP contribution in [0.2, 0.25) is 0 Å². The van der Waals surface area contributed by atoms with Crippen LogP contribution < -0.4 is 0 Å². The van der Waals surface area contributed by atoms with Crippen molar-refractivity contribution in [2.24, 2.45) is 16.1 Å². The van der Waals surface area contributed by atoms with Gasteiger partial charge >= 0.3 is 0 Å². The molecule has 0 aromatic rings. The van der Waals surface area contributed by atoms with Crippen molar-refractivity contribution in [2.45, 2.75) is 12.8 Å². The lowest BCUT2D eigenvalue weighted by Gasteiger charge is -1.79. The van der Waals surface area contributed by atoms with E-state index in [1.165, 1.54) is 12.8 Å². The minimum absolute atomic E-state index is 0.892. The fourth-order valence-electron chi connectivity index (χ4n) is 0.498. The van der Waals surface area contributed by atoms with Gasteiger partial charge in [-0.3, -0.25) is 0 Å². The van der Waals surface area contributed by atoms with Gasteiger partial charge in [-0.2, -0.15) is 10.2 Å². The minimum atomic E-state index is 0.892. The highest BCUT2D eigenvalue weighted by molar-refractivity contribution is 4.73. The van der Waals surface area contributed by atoms with Gasteiger partial charge in [-0.15, -0.1) is 0 Å². The van der Waals surface area contributed by atoms with Crippen molar-refractivity contribution >= 4 is 0 Å². The average Bonchev–Trinajstić information content (AvgIpc) is 2.42. The highest BCUT2D eigenvalue weighted by Gasteiger charge is 2.19. The van der Waals surface area contributed by atoms with Gasteiger partial charge in [0.1, 0.15) is 0 Å². The fraction of sp³-hybridized carbons (Fsp3) is 1.00. The van der Waals surface area contributed by atoms with Crippen LogP contribution in [-0.4, -0.2) is 13.6 Å².